The summed E-state index contributed by atoms with van der Waals surface area (Å²) in [4.78, 5) is 15.2. The smallest absolute Gasteiger partial charge is 0.278 e. The summed E-state index contributed by atoms with van der Waals surface area (Å²) in [7, 11) is 0. The molecule has 0 radical (unpaired) electrons. The molecule has 6 nitrogen and oxygen atoms in total. The van der Waals surface area contributed by atoms with Crippen molar-refractivity contribution in [2.24, 2.45) is 0 Å². The fourth-order valence-corrected chi connectivity index (χ4v) is 3.49. The van der Waals surface area contributed by atoms with Gasteiger partial charge in [-0.1, -0.05) is 22.8 Å². The van der Waals surface area contributed by atoms with Crippen molar-refractivity contribution in [2.75, 3.05) is 13.1 Å². The van der Waals surface area contributed by atoms with Gasteiger partial charge in [0.2, 0.25) is 0 Å². The summed E-state index contributed by atoms with van der Waals surface area (Å²) >= 11 is 6.13. The van der Waals surface area contributed by atoms with Crippen molar-refractivity contribution in [1.29, 1.82) is 0 Å². The first kappa shape index (κ1) is 18.0. The summed E-state index contributed by atoms with van der Waals surface area (Å²) in [6, 6.07) is 4.80. The maximum Gasteiger partial charge on any atom is 0.278 e. The van der Waals surface area contributed by atoms with Crippen molar-refractivity contribution >= 4 is 11.6 Å². The van der Waals surface area contributed by atoms with Crippen LogP contribution in [0.15, 0.2) is 35.1 Å². The highest BCUT2D eigenvalue weighted by atomic mass is 35.5. The number of likely N-dealkylation sites (tertiary alicyclic amines) is 1. The van der Waals surface area contributed by atoms with Gasteiger partial charge in [0.1, 0.15) is 11.5 Å². The van der Waals surface area contributed by atoms with Gasteiger partial charge in [-0.2, -0.15) is 4.98 Å². The lowest BCUT2D eigenvalue weighted by molar-refractivity contribution is 0.198. The quantitative estimate of drug-likeness (QED) is 0.673. The van der Waals surface area contributed by atoms with Crippen LogP contribution >= 0.6 is 11.6 Å². The molecule has 0 spiro atoms. The maximum absolute atomic E-state index is 14.0. The summed E-state index contributed by atoms with van der Waals surface area (Å²) in [6.45, 7) is 4.03. The Morgan fingerprint density at radius 3 is 2.74 bits per heavy atom. The van der Waals surface area contributed by atoms with Crippen LogP contribution < -0.4 is 0 Å². The zero-order valence-electron chi connectivity index (χ0n) is 14.9. The van der Waals surface area contributed by atoms with Crippen LogP contribution in [0, 0.1) is 12.7 Å². The van der Waals surface area contributed by atoms with E-state index in [2.05, 4.69) is 25.0 Å². The minimum atomic E-state index is -0.258. The molecule has 1 aliphatic rings. The molecule has 3 heterocycles. The zero-order valence-corrected chi connectivity index (χ0v) is 15.7. The Balaban J connectivity index is 1.39. The molecular formula is C19H19ClFN5O. The molecule has 27 heavy (non-hydrogen) atoms. The van der Waals surface area contributed by atoms with E-state index in [1.807, 2.05) is 6.92 Å². The summed E-state index contributed by atoms with van der Waals surface area (Å²) in [5.74, 6) is 1.04. The number of piperidine rings is 1. The van der Waals surface area contributed by atoms with Gasteiger partial charge in [-0.15, -0.1) is 0 Å². The third-order valence-electron chi connectivity index (χ3n) is 4.84. The monoisotopic (exact) mass is 387 g/mol. The minimum absolute atomic E-state index is 0.216. The van der Waals surface area contributed by atoms with E-state index < -0.39 is 0 Å². The largest absolute Gasteiger partial charge is 0.332 e. The van der Waals surface area contributed by atoms with E-state index >= 15 is 0 Å². The first-order valence-electron chi connectivity index (χ1n) is 8.88. The lowest BCUT2D eigenvalue weighted by Crippen LogP contribution is -2.33. The van der Waals surface area contributed by atoms with Crippen molar-refractivity contribution in [2.45, 2.75) is 32.2 Å². The number of nitrogens with zero attached hydrogens (tertiary/aromatic N) is 5. The molecule has 0 amide bonds. The van der Waals surface area contributed by atoms with Crippen LogP contribution in [0.5, 0.6) is 0 Å². The maximum atomic E-state index is 14.0. The van der Waals surface area contributed by atoms with Gasteiger partial charge < -0.3 is 4.52 Å². The Hall–Kier alpha value is -2.38. The van der Waals surface area contributed by atoms with E-state index in [-0.39, 0.29) is 11.7 Å². The van der Waals surface area contributed by atoms with Crippen molar-refractivity contribution in [3.05, 3.63) is 58.5 Å². The van der Waals surface area contributed by atoms with Crippen LogP contribution in [0.4, 0.5) is 4.39 Å². The molecule has 1 fully saturated rings. The minimum Gasteiger partial charge on any atom is -0.332 e. The fourth-order valence-electron chi connectivity index (χ4n) is 3.26. The molecule has 140 valence electrons. The second-order valence-electron chi connectivity index (χ2n) is 6.75. The highest BCUT2D eigenvalue weighted by molar-refractivity contribution is 6.31. The molecule has 0 aliphatic carbocycles. The summed E-state index contributed by atoms with van der Waals surface area (Å²) in [5.41, 5.74) is 1.96. The summed E-state index contributed by atoms with van der Waals surface area (Å²) in [5, 5.41) is 4.59. The van der Waals surface area contributed by atoms with Crippen molar-refractivity contribution in [3.8, 4) is 11.6 Å². The highest BCUT2D eigenvalue weighted by Gasteiger charge is 2.26. The van der Waals surface area contributed by atoms with E-state index in [1.54, 1.807) is 24.5 Å². The third-order valence-corrected chi connectivity index (χ3v) is 5.19. The summed E-state index contributed by atoms with van der Waals surface area (Å²) < 4.78 is 19.3. The molecular weight excluding hydrogens is 369 g/mol. The molecule has 4 rings (SSSR count). The Kier molecular flexibility index (Phi) is 5.13. The van der Waals surface area contributed by atoms with Gasteiger partial charge in [0.05, 0.1) is 11.9 Å². The lowest BCUT2D eigenvalue weighted by Gasteiger charge is -2.30. The molecule has 0 bridgehead atoms. The molecule has 0 unspecified atom stereocenters. The van der Waals surface area contributed by atoms with Gasteiger partial charge in [-0.25, -0.2) is 9.37 Å². The normalized spacial score (nSPS) is 16.0. The second-order valence-corrected chi connectivity index (χ2v) is 7.16. The first-order chi connectivity index (χ1) is 13.1. The van der Waals surface area contributed by atoms with Gasteiger partial charge >= 0.3 is 0 Å². The fraction of sp³-hybridized carbons (Fsp3) is 0.368. The number of aryl methyl sites for hydroxylation is 1. The predicted molar refractivity (Wildman–Crippen MR) is 98.7 cm³/mol. The van der Waals surface area contributed by atoms with E-state index in [1.165, 1.54) is 6.07 Å². The molecule has 3 aromatic rings. The van der Waals surface area contributed by atoms with Gasteiger partial charge in [0, 0.05) is 29.2 Å². The van der Waals surface area contributed by atoms with Crippen molar-refractivity contribution < 1.29 is 8.91 Å². The number of aromatic nitrogens is 4. The molecule has 0 saturated carbocycles. The zero-order chi connectivity index (χ0) is 18.8. The molecule has 8 heteroatoms. The third kappa shape index (κ3) is 3.99. The van der Waals surface area contributed by atoms with Crippen molar-refractivity contribution in [1.82, 2.24) is 25.0 Å². The van der Waals surface area contributed by atoms with Crippen LogP contribution in [-0.2, 0) is 6.54 Å². The Morgan fingerprint density at radius 1 is 1.22 bits per heavy atom. The van der Waals surface area contributed by atoms with E-state index in [4.69, 9.17) is 16.1 Å². The number of rotatable bonds is 4. The number of benzene rings is 1. The van der Waals surface area contributed by atoms with Crippen LogP contribution in [0.2, 0.25) is 5.02 Å². The van der Waals surface area contributed by atoms with Crippen LogP contribution in [0.1, 0.15) is 35.8 Å². The standard InChI is InChI=1S/C19H19ClFN5O/c1-12-9-23-17(10-22-12)19-24-18(25-27-19)13-5-7-26(8-6-13)11-14-15(20)3-2-4-16(14)21/h2-4,9-10,13H,5-8,11H2,1H3. The van der Waals surface area contributed by atoms with Crippen molar-refractivity contribution in [3.63, 3.8) is 0 Å². The van der Waals surface area contributed by atoms with Crippen LogP contribution in [-0.4, -0.2) is 38.1 Å². The SMILES string of the molecule is Cc1cnc(-c2nc(C3CCN(Cc4c(F)cccc4Cl)CC3)no2)cn1. The van der Waals surface area contributed by atoms with E-state index in [0.29, 0.717) is 34.5 Å². The molecule has 1 saturated heterocycles. The van der Waals surface area contributed by atoms with Gasteiger partial charge in [-0.05, 0) is 45.0 Å². The predicted octanol–water partition coefficient (Wildman–Crippen LogP) is 4.01. The van der Waals surface area contributed by atoms with Crippen LogP contribution in [0.3, 0.4) is 0 Å². The Labute approximate surface area is 161 Å². The Morgan fingerprint density at radius 2 is 2.04 bits per heavy atom. The molecule has 0 N–H and O–H groups in total. The Bertz CT molecular complexity index is 902. The van der Waals surface area contributed by atoms with Crippen LogP contribution in [0.25, 0.3) is 11.6 Å². The average Bonchev–Trinajstić information content (AvgIpc) is 3.16. The topological polar surface area (TPSA) is 67.9 Å². The molecule has 0 atom stereocenters. The lowest BCUT2D eigenvalue weighted by atomic mass is 9.96. The number of halogens is 2. The molecule has 1 aromatic carbocycles. The van der Waals surface area contributed by atoms with Gasteiger partial charge in [-0.3, -0.25) is 9.88 Å². The number of hydrogen-bond donors (Lipinski definition) is 0. The molecule has 2 aromatic heterocycles. The number of hydrogen-bond acceptors (Lipinski definition) is 6. The average molecular weight is 388 g/mol. The van der Waals surface area contributed by atoms with E-state index in [9.17, 15) is 4.39 Å². The highest BCUT2D eigenvalue weighted by Crippen LogP contribution is 2.29. The second kappa shape index (κ2) is 7.70. The molecule has 1 aliphatic heterocycles. The van der Waals surface area contributed by atoms with Gasteiger partial charge in [0.15, 0.2) is 5.82 Å². The van der Waals surface area contributed by atoms with E-state index in [0.717, 1.165) is 31.6 Å². The first-order valence-corrected chi connectivity index (χ1v) is 9.26. The summed E-state index contributed by atoms with van der Waals surface area (Å²) in [6.07, 6.45) is 5.06. The van der Waals surface area contributed by atoms with Gasteiger partial charge in [0.25, 0.3) is 5.89 Å².